The first-order valence-corrected chi connectivity index (χ1v) is 13.2. The minimum absolute atomic E-state index is 0.152. The van der Waals surface area contributed by atoms with Crippen molar-refractivity contribution in [3.63, 3.8) is 0 Å². The monoisotopic (exact) mass is 523 g/mol. The van der Waals surface area contributed by atoms with Gasteiger partial charge in [0.1, 0.15) is 11.3 Å². The summed E-state index contributed by atoms with van der Waals surface area (Å²) in [6.07, 6.45) is 1.54. The first-order valence-electron chi connectivity index (χ1n) is 10.5. The van der Waals surface area contributed by atoms with E-state index in [-0.39, 0.29) is 17.3 Å². The molecule has 0 radical (unpaired) electrons. The van der Waals surface area contributed by atoms with Crippen molar-refractivity contribution >= 4 is 59.9 Å². The third-order valence-corrected chi connectivity index (χ3v) is 7.91. The number of amides is 1. The molecule has 0 unspecified atom stereocenters. The van der Waals surface area contributed by atoms with Crippen LogP contribution in [0.2, 0.25) is 5.02 Å². The Kier molecular flexibility index (Phi) is 6.29. The van der Waals surface area contributed by atoms with Gasteiger partial charge < -0.3 is 4.42 Å². The summed E-state index contributed by atoms with van der Waals surface area (Å²) in [5.41, 5.74) is 1.33. The van der Waals surface area contributed by atoms with Crippen LogP contribution < -0.4 is 9.62 Å². The number of nitrogens with one attached hydrogen (secondary N) is 1. The molecule has 5 rings (SSSR count). The molecule has 0 aliphatic heterocycles. The first-order chi connectivity index (χ1) is 16.9. The number of carbonyl (C=O) groups is 1. The van der Waals surface area contributed by atoms with E-state index in [0.29, 0.717) is 32.7 Å². The highest BCUT2D eigenvalue weighted by atomic mass is 35.5. The van der Waals surface area contributed by atoms with Crippen LogP contribution in [0.3, 0.4) is 0 Å². The Morgan fingerprint density at radius 1 is 0.971 bits per heavy atom. The van der Waals surface area contributed by atoms with Crippen LogP contribution in [0.15, 0.2) is 101 Å². The molecule has 0 aliphatic carbocycles. The van der Waals surface area contributed by atoms with Crippen LogP contribution in [0.25, 0.3) is 10.2 Å². The maximum absolute atomic E-state index is 13.5. The van der Waals surface area contributed by atoms with Gasteiger partial charge in [0, 0.05) is 11.3 Å². The van der Waals surface area contributed by atoms with Gasteiger partial charge in [0.2, 0.25) is 0 Å². The number of para-hydroxylation sites is 1. The number of sulfonamides is 1. The second-order valence-electron chi connectivity index (χ2n) is 7.55. The van der Waals surface area contributed by atoms with E-state index in [0.717, 1.165) is 4.70 Å². The molecule has 2 aromatic heterocycles. The van der Waals surface area contributed by atoms with Gasteiger partial charge in [-0.1, -0.05) is 47.2 Å². The maximum atomic E-state index is 13.5. The molecule has 1 amide bonds. The molecule has 5 aromatic rings. The predicted octanol–water partition coefficient (Wildman–Crippen LogP) is 6.19. The number of rotatable bonds is 7. The van der Waals surface area contributed by atoms with Gasteiger partial charge in [0.05, 0.1) is 27.4 Å². The van der Waals surface area contributed by atoms with E-state index >= 15 is 0 Å². The standard InChI is InChI=1S/C25H18ClN3O4S2/c26-21-9-4-10-22-23(21)27-25(34-22)29(16-19-6-5-15-33-19)24(30)17-11-13-18(14-12-17)28-35(31,32)20-7-2-1-3-8-20/h1-15,28H,16H2. The summed E-state index contributed by atoms with van der Waals surface area (Å²) in [4.78, 5) is 19.8. The Morgan fingerprint density at radius 2 is 1.74 bits per heavy atom. The molecule has 3 aromatic carbocycles. The Balaban J connectivity index is 1.43. The Hall–Kier alpha value is -3.66. The second kappa shape index (κ2) is 9.53. The number of furan rings is 1. The van der Waals surface area contributed by atoms with Crippen molar-refractivity contribution in [2.45, 2.75) is 11.4 Å². The number of anilines is 2. The van der Waals surface area contributed by atoms with Gasteiger partial charge in [-0.25, -0.2) is 13.4 Å². The molecule has 0 saturated carbocycles. The molecular formula is C25H18ClN3O4S2. The first kappa shape index (κ1) is 23.1. The highest BCUT2D eigenvalue weighted by Crippen LogP contribution is 2.34. The highest BCUT2D eigenvalue weighted by molar-refractivity contribution is 7.92. The summed E-state index contributed by atoms with van der Waals surface area (Å²) in [5, 5.41) is 0.980. The number of hydrogen-bond donors (Lipinski definition) is 1. The van der Waals surface area contributed by atoms with E-state index in [9.17, 15) is 13.2 Å². The number of halogens is 1. The quantitative estimate of drug-likeness (QED) is 0.274. The molecule has 1 N–H and O–H groups in total. The zero-order chi connectivity index (χ0) is 24.4. The summed E-state index contributed by atoms with van der Waals surface area (Å²) in [7, 11) is -3.74. The van der Waals surface area contributed by atoms with Crippen LogP contribution in [-0.2, 0) is 16.6 Å². The third-order valence-electron chi connectivity index (χ3n) is 5.17. The number of benzene rings is 3. The number of carbonyl (C=O) groups excluding carboxylic acids is 1. The number of thiazole rings is 1. The number of hydrogen-bond acceptors (Lipinski definition) is 6. The highest BCUT2D eigenvalue weighted by Gasteiger charge is 2.23. The van der Waals surface area contributed by atoms with Crippen LogP contribution in [0.4, 0.5) is 10.8 Å². The molecular weight excluding hydrogens is 506 g/mol. The smallest absolute Gasteiger partial charge is 0.261 e. The molecule has 35 heavy (non-hydrogen) atoms. The predicted molar refractivity (Wildman–Crippen MR) is 138 cm³/mol. The molecule has 2 heterocycles. The van der Waals surface area contributed by atoms with Gasteiger partial charge in [-0.15, -0.1) is 0 Å². The molecule has 0 bridgehead atoms. The Labute approximate surface area is 210 Å². The van der Waals surface area contributed by atoms with Gasteiger partial charge in [-0.3, -0.25) is 14.4 Å². The number of nitrogens with zero attached hydrogens (tertiary/aromatic N) is 2. The van der Waals surface area contributed by atoms with Gasteiger partial charge in [0.15, 0.2) is 5.13 Å². The average Bonchev–Trinajstić information content (AvgIpc) is 3.53. The fourth-order valence-electron chi connectivity index (χ4n) is 3.45. The van der Waals surface area contributed by atoms with Crippen molar-refractivity contribution in [3.05, 3.63) is 108 Å². The van der Waals surface area contributed by atoms with Crippen LogP contribution >= 0.6 is 22.9 Å². The largest absolute Gasteiger partial charge is 0.467 e. The van der Waals surface area contributed by atoms with Crippen molar-refractivity contribution < 1.29 is 17.6 Å². The van der Waals surface area contributed by atoms with Gasteiger partial charge in [-0.05, 0) is 60.7 Å². The molecule has 0 atom stereocenters. The lowest BCUT2D eigenvalue weighted by Crippen LogP contribution is -2.30. The van der Waals surface area contributed by atoms with Crippen LogP contribution in [0, 0.1) is 0 Å². The van der Waals surface area contributed by atoms with Crippen molar-refractivity contribution in [1.82, 2.24) is 4.98 Å². The topological polar surface area (TPSA) is 92.5 Å². The molecule has 10 heteroatoms. The summed E-state index contributed by atoms with van der Waals surface area (Å²) in [6.45, 7) is 0.172. The van der Waals surface area contributed by atoms with Crippen molar-refractivity contribution in [3.8, 4) is 0 Å². The number of fused-ring (bicyclic) bond motifs is 1. The minimum Gasteiger partial charge on any atom is -0.467 e. The van der Waals surface area contributed by atoms with E-state index in [1.54, 1.807) is 66.9 Å². The molecule has 0 saturated heterocycles. The summed E-state index contributed by atoms with van der Waals surface area (Å²) >= 11 is 7.64. The van der Waals surface area contributed by atoms with Crippen LogP contribution in [-0.4, -0.2) is 19.3 Å². The van der Waals surface area contributed by atoms with Crippen LogP contribution in [0.5, 0.6) is 0 Å². The van der Waals surface area contributed by atoms with E-state index in [1.165, 1.54) is 28.4 Å². The van der Waals surface area contributed by atoms with E-state index < -0.39 is 10.0 Å². The van der Waals surface area contributed by atoms with E-state index in [2.05, 4.69) is 9.71 Å². The fraction of sp³-hybridized carbons (Fsp3) is 0.0400. The van der Waals surface area contributed by atoms with Gasteiger partial charge in [0.25, 0.3) is 15.9 Å². The number of aromatic nitrogens is 1. The summed E-state index contributed by atoms with van der Waals surface area (Å²) < 4.78 is 34.0. The Morgan fingerprint density at radius 3 is 2.43 bits per heavy atom. The second-order valence-corrected chi connectivity index (χ2v) is 10.6. The van der Waals surface area contributed by atoms with Crippen molar-refractivity contribution in [1.29, 1.82) is 0 Å². The lowest BCUT2D eigenvalue weighted by molar-refractivity contribution is 0.0983. The van der Waals surface area contributed by atoms with E-state index in [1.807, 2.05) is 12.1 Å². The molecule has 0 aliphatic rings. The summed E-state index contributed by atoms with van der Waals surface area (Å²) in [5.74, 6) is 0.282. The maximum Gasteiger partial charge on any atom is 0.261 e. The average molecular weight is 524 g/mol. The summed E-state index contributed by atoms with van der Waals surface area (Å²) in [6, 6.07) is 23.3. The van der Waals surface area contributed by atoms with Crippen molar-refractivity contribution in [2.75, 3.05) is 9.62 Å². The SMILES string of the molecule is O=C(c1ccc(NS(=O)(=O)c2ccccc2)cc1)N(Cc1ccco1)c1nc2c(Cl)cccc2s1. The Bertz CT molecular complexity index is 1580. The molecule has 0 spiro atoms. The van der Waals surface area contributed by atoms with E-state index in [4.69, 9.17) is 16.0 Å². The fourth-order valence-corrected chi connectivity index (χ4v) is 5.80. The van der Waals surface area contributed by atoms with Crippen molar-refractivity contribution in [2.24, 2.45) is 0 Å². The van der Waals surface area contributed by atoms with Crippen LogP contribution in [0.1, 0.15) is 16.1 Å². The molecule has 0 fully saturated rings. The molecule has 176 valence electrons. The lowest BCUT2D eigenvalue weighted by Gasteiger charge is -2.19. The van der Waals surface area contributed by atoms with Gasteiger partial charge in [-0.2, -0.15) is 0 Å². The zero-order valence-electron chi connectivity index (χ0n) is 18.1. The minimum atomic E-state index is -3.74. The third kappa shape index (κ3) is 4.93. The molecule has 7 nitrogen and oxygen atoms in total. The normalized spacial score (nSPS) is 11.5. The zero-order valence-corrected chi connectivity index (χ0v) is 20.5. The lowest BCUT2D eigenvalue weighted by atomic mass is 10.2. The van der Waals surface area contributed by atoms with Gasteiger partial charge >= 0.3 is 0 Å².